The molecule has 6 nitrogen and oxygen atoms in total. The van der Waals surface area contributed by atoms with Crippen LogP contribution in [-0.4, -0.2) is 47.1 Å². The first-order valence-corrected chi connectivity index (χ1v) is 9.25. The normalized spacial score (nSPS) is 15.7. The van der Waals surface area contributed by atoms with Crippen LogP contribution in [0, 0.1) is 0 Å². The van der Waals surface area contributed by atoms with Gasteiger partial charge >= 0.3 is 0 Å². The zero-order valence-electron chi connectivity index (χ0n) is 15.4. The first-order chi connectivity index (χ1) is 13.2. The van der Waals surface area contributed by atoms with Gasteiger partial charge in [0.25, 0.3) is 0 Å². The largest absolute Gasteiger partial charge is 0.486 e. The summed E-state index contributed by atoms with van der Waals surface area (Å²) in [5, 5.41) is 0. The summed E-state index contributed by atoms with van der Waals surface area (Å²) < 4.78 is 11.6. The Bertz CT molecular complexity index is 904. The fraction of sp³-hybridized carbons (Fsp3) is 0.333. The van der Waals surface area contributed by atoms with Gasteiger partial charge < -0.3 is 19.4 Å². The zero-order valence-corrected chi connectivity index (χ0v) is 15.4. The molecule has 0 spiro atoms. The van der Waals surface area contributed by atoms with E-state index in [9.17, 15) is 4.79 Å². The van der Waals surface area contributed by atoms with E-state index >= 15 is 0 Å². The number of imidazole rings is 1. The molecule has 27 heavy (non-hydrogen) atoms. The summed E-state index contributed by atoms with van der Waals surface area (Å²) in [7, 11) is 1.81. The van der Waals surface area contributed by atoms with Crippen LogP contribution >= 0.6 is 0 Å². The van der Waals surface area contributed by atoms with Crippen molar-refractivity contribution in [1.29, 1.82) is 0 Å². The molecule has 1 atom stereocenters. The van der Waals surface area contributed by atoms with Crippen molar-refractivity contribution in [3.63, 3.8) is 0 Å². The third kappa shape index (κ3) is 4.05. The molecule has 1 aromatic heterocycles. The number of H-pyrrole nitrogens is 1. The number of aryl methyl sites for hydroxylation is 1. The van der Waals surface area contributed by atoms with Crippen LogP contribution in [0.5, 0.6) is 11.5 Å². The van der Waals surface area contributed by atoms with Crippen molar-refractivity contribution >= 4 is 16.9 Å². The topological polar surface area (TPSA) is 67.5 Å². The molecule has 1 N–H and O–H groups in total. The van der Waals surface area contributed by atoms with Crippen LogP contribution in [-0.2, 0) is 11.2 Å². The Labute approximate surface area is 158 Å². The Morgan fingerprint density at radius 2 is 1.96 bits per heavy atom. The van der Waals surface area contributed by atoms with E-state index in [2.05, 4.69) is 9.97 Å². The lowest BCUT2D eigenvalue weighted by Crippen LogP contribution is -2.41. The molecular weight excluding hydrogens is 342 g/mol. The molecule has 6 heteroatoms. The highest BCUT2D eigenvalue weighted by molar-refractivity contribution is 5.76. The lowest BCUT2D eigenvalue weighted by Gasteiger charge is -2.29. The molecule has 0 aliphatic carbocycles. The predicted octanol–water partition coefficient (Wildman–Crippen LogP) is 3.18. The molecule has 0 bridgehead atoms. The number of para-hydroxylation sites is 4. The number of rotatable bonds is 6. The van der Waals surface area contributed by atoms with Gasteiger partial charge in [-0.25, -0.2) is 4.98 Å². The van der Waals surface area contributed by atoms with E-state index in [0.717, 1.165) is 41.2 Å². The number of nitrogens with one attached hydrogen (secondary N) is 1. The summed E-state index contributed by atoms with van der Waals surface area (Å²) in [4.78, 5) is 22.0. The molecule has 2 aromatic carbocycles. The summed E-state index contributed by atoms with van der Waals surface area (Å²) in [5.74, 6) is 2.52. The lowest BCUT2D eigenvalue weighted by molar-refractivity contribution is -0.131. The van der Waals surface area contributed by atoms with Gasteiger partial charge in [-0.3, -0.25) is 4.79 Å². The van der Waals surface area contributed by atoms with Crippen molar-refractivity contribution in [2.75, 3.05) is 20.2 Å². The van der Waals surface area contributed by atoms with Gasteiger partial charge in [0.2, 0.25) is 5.91 Å². The molecule has 0 saturated heterocycles. The molecule has 0 saturated carbocycles. The fourth-order valence-electron chi connectivity index (χ4n) is 3.28. The van der Waals surface area contributed by atoms with Gasteiger partial charge in [0.1, 0.15) is 12.4 Å². The van der Waals surface area contributed by atoms with E-state index in [-0.39, 0.29) is 12.0 Å². The third-order valence-corrected chi connectivity index (χ3v) is 4.71. The van der Waals surface area contributed by atoms with Gasteiger partial charge in [-0.2, -0.15) is 0 Å². The molecule has 1 unspecified atom stereocenters. The monoisotopic (exact) mass is 365 g/mol. The van der Waals surface area contributed by atoms with Gasteiger partial charge in [-0.15, -0.1) is 0 Å². The number of aromatic nitrogens is 2. The van der Waals surface area contributed by atoms with Gasteiger partial charge in [-0.05, 0) is 30.7 Å². The maximum absolute atomic E-state index is 12.4. The summed E-state index contributed by atoms with van der Waals surface area (Å²) in [6.45, 7) is 0.964. The predicted molar refractivity (Wildman–Crippen MR) is 103 cm³/mol. The fourth-order valence-corrected chi connectivity index (χ4v) is 3.28. The Morgan fingerprint density at radius 1 is 1.19 bits per heavy atom. The van der Waals surface area contributed by atoms with E-state index < -0.39 is 0 Å². The summed E-state index contributed by atoms with van der Waals surface area (Å²) in [6.07, 6.45) is 1.85. The Balaban J connectivity index is 1.24. The Morgan fingerprint density at radius 3 is 2.81 bits per heavy atom. The van der Waals surface area contributed by atoms with Crippen molar-refractivity contribution in [2.45, 2.75) is 25.4 Å². The zero-order chi connectivity index (χ0) is 18.6. The minimum absolute atomic E-state index is 0.105. The number of likely N-dealkylation sites (N-methyl/N-ethyl adjacent to an activating group) is 1. The SMILES string of the molecule is CN(CC1COc2ccccc2O1)C(=O)CCCc1nc2ccccc2[nH]1. The van der Waals surface area contributed by atoms with Crippen molar-refractivity contribution in [3.8, 4) is 11.5 Å². The Hall–Kier alpha value is -3.02. The van der Waals surface area contributed by atoms with Gasteiger partial charge in [0.05, 0.1) is 17.6 Å². The van der Waals surface area contributed by atoms with Crippen molar-refractivity contribution in [2.24, 2.45) is 0 Å². The smallest absolute Gasteiger partial charge is 0.222 e. The number of benzene rings is 2. The number of nitrogens with zero attached hydrogens (tertiary/aromatic N) is 2. The first-order valence-electron chi connectivity index (χ1n) is 9.25. The van der Waals surface area contributed by atoms with Crippen LogP contribution < -0.4 is 9.47 Å². The molecule has 1 aliphatic heterocycles. The molecule has 4 rings (SSSR count). The van der Waals surface area contributed by atoms with E-state index in [1.165, 1.54) is 0 Å². The maximum atomic E-state index is 12.4. The van der Waals surface area contributed by atoms with Crippen LogP contribution in [0.4, 0.5) is 0 Å². The highest BCUT2D eigenvalue weighted by atomic mass is 16.6. The molecule has 0 fully saturated rings. The van der Waals surface area contributed by atoms with Crippen molar-refractivity contribution in [3.05, 3.63) is 54.4 Å². The number of carbonyl (C=O) groups is 1. The van der Waals surface area contributed by atoms with E-state index in [1.54, 1.807) is 4.90 Å². The first kappa shape index (κ1) is 17.4. The number of aromatic amines is 1. The molecule has 3 aromatic rings. The van der Waals surface area contributed by atoms with E-state index in [0.29, 0.717) is 19.6 Å². The van der Waals surface area contributed by atoms with Gasteiger partial charge in [0.15, 0.2) is 17.6 Å². The quantitative estimate of drug-likeness (QED) is 0.728. The Kier molecular flexibility index (Phi) is 4.96. The average molecular weight is 365 g/mol. The highest BCUT2D eigenvalue weighted by Crippen LogP contribution is 2.31. The number of hydrogen-bond donors (Lipinski definition) is 1. The van der Waals surface area contributed by atoms with Crippen LogP contribution in [0.3, 0.4) is 0 Å². The van der Waals surface area contributed by atoms with Crippen LogP contribution in [0.15, 0.2) is 48.5 Å². The number of carbonyl (C=O) groups excluding carboxylic acids is 1. The summed E-state index contributed by atoms with van der Waals surface area (Å²) in [5.41, 5.74) is 2.00. The molecule has 140 valence electrons. The van der Waals surface area contributed by atoms with Gasteiger partial charge in [-0.1, -0.05) is 24.3 Å². The second-order valence-corrected chi connectivity index (χ2v) is 6.83. The minimum Gasteiger partial charge on any atom is -0.486 e. The molecule has 1 aliphatic rings. The number of fused-ring (bicyclic) bond motifs is 2. The number of ether oxygens (including phenoxy) is 2. The average Bonchev–Trinajstić information content (AvgIpc) is 3.10. The maximum Gasteiger partial charge on any atom is 0.222 e. The number of amides is 1. The second-order valence-electron chi connectivity index (χ2n) is 6.83. The summed E-state index contributed by atoms with van der Waals surface area (Å²) in [6, 6.07) is 15.6. The van der Waals surface area contributed by atoms with Crippen molar-refractivity contribution in [1.82, 2.24) is 14.9 Å². The summed E-state index contributed by atoms with van der Waals surface area (Å²) >= 11 is 0. The molecule has 2 heterocycles. The lowest BCUT2D eigenvalue weighted by atomic mass is 10.2. The molecule has 1 amide bonds. The standard InChI is InChI=1S/C21H23N3O3/c1-24(13-15-14-26-18-9-4-5-10-19(18)27-15)21(25)12-6-11-20-22-16-7-2-3-8-17(16)23-20/h2-5,7-10,15H,6,11-14H2,1H3,(H,22,23). The second kappa shape index (κ2) is 7.70. The minimum atomic E-state index is -0.149. The van der Waals surface area contributed by atoms with Crippen LogP contribution in [0.25, 0.3) is 11.0 Å². The molecular formula is C21H23N3O3. The molecule has 0 radical (unpaired) electrons. The van der Waals surface area contributed by atoms with Crippen LogP contribution in [0.2, 0.25) is 0 Å². The number of hydrogen-bond acceptors (Lipinski definition) is 4. The highest BCUT2D eigenvalue weighted by Gasteiger charge is 2.23. The van der Waals surface area contributed by atoms with Crippen LogP contribution in [0.1, 0.15) is 18.7 Å². The third-order valence-electron chi connectivity index (χ3n) is 4.71. The van der Waals surface area contributed by atoms with Gasteiger partial charge in [0, 0.05) is 19.9 Å². The van der Waals surface area contributed by atoms with E-state index in [1.807, 2.05) is 55.6 Å². The van der Waals surface area contributed by atoms with Crippen molar-refractivity contribution < 1.29 is 14.3 Å². The van der Waals surface area contributed by atoms with E-state index in [4.69, 9.17) is 9.47 Å².